The van der Waals surface area contributed by atoms with Gasteiger partial charge in [0.05, 0.1) is 13.1 Å². The summed E-state index contributed by atoms with van der Waals surface area (Å²) in [6.07, 6.45) is 3.32. The van der Waals surface area contributed by atoms with Crippen LogP contribution in [0.3, 0.4) is 0 Å². The predicted octanol–water partition coefficient (Wildman–Crippen LogP) is 1.86. The third kappa shape index (κ3) is 3.34. The van der Waals surface area contributed by atoms with Gasteiger partial charge in [0.25, 0.3) is 0 Å². The molecular formula is C11H15F2N5O. The largest absolute Gasteiger partial charge is 0.338 e. The van der Waals surface area contributed by atoms with E-state index in [2.05, 4.69) is 15.1 Å². The summed E-state index contributed by atoms with van der Waals surface area (Å²) in [7, 11) is 1.78. The standard InChI is InChI=1S/C11H15F2N5O/c1-3-8-15-10(19-16-8)7-17(2)6-9-14-4-5-18(9)11(12)13/h4-5,11H,3,6-7H2,1-2H3. The Morgan fingerprint density at radius 1 is 1.42 bits per heavy atom. The molecule has 0 fully saturated rings. The first-order chi connectivity index (χ1) is 9.10. The monoisotopic (exact) mass is 271 g/mol. The lowest BCUT2D eigenvalue weighted by molar-refractivity contribution is 0.0642. The summed E-state index contributed by atoms with van der Waals surface area (Å²) in [6, 6.07) is 0. The molecule has 0 aliphatic rings. The molecule has 0 aliphatic heterocycles. The number of hydrogen-bond acceptors (Lipinski definition) is 5. The van der Waals surface area contributed by atoms with Crippen molar-refractivity contribution in [3.63, 3.8) is 0 Å². The molecule has 6 nitrogen and oxygen atoms in total. The maximum atomic E-state index is 12.7. The lowest BCUT2D eigenvalue weighted by Gasteiger charge is -2.14. The Kier molecular flexibility index (Phi) is 4.20. The highest BCUT2D eigenvalue weighted by molar-refractivity contribution is 4.93. The van der Waals surface area contributed by atoms with Crippen LogP contribution in [0.5, 0.6) is 0 Å². The summed E-state index contributed by atoms with van der Waals surface area (Å²) in [5.74, 6) is 1.40. The molecule has 0 amide bonds. The molecule has 8 heteroatoms. The van der Waals surface area contributed by atoms with Crippen molar-refractivity contribution >= 4 is 0 Å². The Balaban J connectivity index is 1.97. The number of imidazole rings is 1. The van der Waals surface area contributed by atoms with Gasteiger partial charge in [-0.15, -0.1) is 0 Å². The third-order valence-corrected chi connectivity index (χ3v) is 2.60. The van der Waals surface area contributed by atoms with Crippen molar-refractivity contribution in [1.82, 2.24) is 24.6 Å². The van der Waals surface area contributed by atoms with Crippen LogP contribution in [0.4, 0.5) is 8.78 Å². The van der Waals surface area contributed by atoms with E-state index in [4.69, 9.17) is 4.52 Å². The van der Waals surface area contributed by atoms with Crippen LogP contribution in [0.15, 0.2) is 16.9 Å². The fourth-order valence-electron chi connectivity index (χ4n) is 1.67. The molecular weight excluding hydrogens is 256 g/mol. The van der Waals surface area contributed by atoms with Gasteiger partial charge in [-0.3, -0.25) is 9.47 Å². The Hall–Kier alpha value is -1.83. The zero-order valence-corrected chi connectivity index (χ0v) is 10.8. The van der Waals surface area contributed by atoms with Gasteiger partial charge in [-0.1, -0.05) is 12.1 Å². The van der Waals surface area contributed by atoms with Gasteiger partial charge in [0, 0.05) is 18.8 Å². The van der Waals surface area contributed by atoms with Crippen molar-refractivity contribution in [2.24, 2.45) is 0 Å². The van der Waals surface area contributed by atoms with Crippen molar-refractivity contribution in [1.29, 1.82) is 0 Å². The molecule has 19 heavy (non-hydrogen) atoms. The summed E-state index contributed by atoms with van der Waals surface area (Å²) in [6.45, 7) is 0.0169. The molecule has 2 rings (SSSR count). The zero-order chi connectivity index (χ0) is 13.8. The average molecular weight is 271 g/mol. The summed E-state index contributed by atoms with van der Waals surface area (Å²) in [5, 5.41) is 3.78. The van der Waals surface area contributed by atoms with E-state index in [1.165, 1.54) is 12.4 Å². The van der Waals surface area contributed by atoms with E-state index in [-0.39, 0.29) is 6.54 Å². The quantitative estimate of drug-likeness (QED) is 0.802. The van der Waals surface area contributed by atoms with Gasteiger partial charge in [-0.25, -0.2) is 4.98 Å². The van der Waals surface area contributed by atoms with Crippen molar-refractivity contribution in [2.75, 3.05) is 7.05 Å². The van der Waals surface area contributed by atoms with E-state index >= 15 is 0 Å². The van der Waals surface area contributed by atoms with Crippen LogP contribution in [0.25, 0.3) is 0 Å². The van der Waals surface area contributed by atoms with Crippen molar-refractivity contribution in [2.45, 2.75) is 33.0 Å². The molecule has 0 bridgehead atoms. The Labute approximate surface area is 109 Å². The van der Waals surface area contributed by atoms with Crippen molar-refractivity contribution in [3.8, 4) is 0 Å². The molecule has 2 heterocycles. The maximum absolute atomic E-state index is 12.7. The van der Waals surface area contributed by atoms with Gasteiger partial charge in [0.15, 0.2) is 5.82 Å². The van der Waals surface area contributed by atoms with Crippen molar-refractivity contribution in [3.05, 3.63) is 29.9 Å². The number of nitrogens with zero attached hydrogens (tertiary/aromatic N) is 5. The fraction of sp³-hybridized carbons (Fsp3) is 0.545. The van der Waals surface area contributed by atoms with Gasteiger partial charge >= 0.3 is 6.55 Å². The molecule has 2 aromatic rings. The zero-order valence-electron chi connectivity index (χ0n) is 10.8. The molecule has 104 valence electrons. The average Bonchev–Trinajstić information content (AvgIpc) is 2.97. The minimum absolute atomic E-state index is 0.279. The minimum Gasteiger partial charge on any atom is -0.338 e. The van der Waals surface area contributed by atoms with E-state index in [1.54, 1.807) is 11.9 Å². The lowest BCUT2D eigenvalue weighted by atomic mass is 10.4. The lowest BCUT2D eigenvalue weighted by Crippen LogP contribution is -2.20. The molecule has 0 aromatic carbocycles. The van der Waals surface area contributed by atoms with Gasteiger partial charge < -0.3 is 4.52 Å². The summed E-state index contributed by atoms with van der Waals surface area (Å²) in [4.78, 5) is 9.86. The highest BCUT2D eigenvalue weighted by Crippen LogP contribution is 2.14. The highest BCUT2D eigenvalue weighted by atomic mass is 19.3. The second-order valence-corrected chi connectivity index (χ2v) is 4.16. The number of alkyl halides is 2. The van der Waals surface area contributed by atoms with Gasteiger partial charge in [-0.05, 0) is 7.05 Å². The van der Waals surface area contributed by atoms with Crippen LogP contribution in [0.1, 0.15) is 31.0 Å². The first-order valence-electron chi connectivity index (χ1n) is 5.90. The van der Waals surface area contributed by atoms with Gasteiger partial charge in [-0.2, -0.15) is 13.8 Å². The Morgan fingerprint density at radius 2 is 2.21 bits per heavy atom. The normalized spacial score (nSPS) is 11.7. The predicted molar refractivity (Wildman–Crippen MR) is 62.3 cm³/mol. The summed E-state index contributed by atoms with van der Waals surface area (Å²) >= 11 is 0. The number of hydrogen-bond donors (Lipinski definition) is 0. The van der Waals surface area contributed by atoms with Gasteiger partial charge in [0.2, 0.25) is 5.89 Å². The smallest absolute Gasteiger partial charge is 0.319 e. The molecule has 2 aromatic heterocycles. The third-order valence-electron chi connectivity index (χ3n) is 2.60. The van der Waals surface area contributed by atoms with Crippen molar-refractivity contribution < 1.29 is 13.3 Å². The molecule has 0 radical (unpaired) electrons. The first kappa shape index (κ1) is 13.6. The minimum atomic E-state index is -2.58. The first-order valence-corrected chi connectivity index (χ1v) is 5.90. The fourth-order valence-corrected chi connectivity index (χ4v) is 1.67. The maximum Gasteiger partial charge on any atom is 0.319 e. The number of aromatic nitrogens is 4. The number of rotatable bonds is 6. The molecule has 0 atom stereocenters. The molecule has 0 aliphatic carbocycles. The van der Waals surface area contributed by atoms with Crippen LogP contribution >= 0.6 is 0 Å². The molecule has 0 saturated heterocycles. The van der Waals surface area contributed by atoms with Crippen LogP contribution < -0.4 is 0 Å². The molecule has 0 N–H and O–H groups in total. The van der Waals surface area contributed by atoms with E-state index in [0.29, 0.717) is 30.5 Å². The summed E-state index contributed by atoms with van der Waals surface area (Å²) < 4.78 is 31.2. The Morgan fingerprint density at radius 3 is 2.84 bits per heavy atom. The number of halogens is 2. The molecule has 0 spiro atoms. The summed E-state index contributed by atoms with van der Waals surface area (Å²) in [5.41, 5.74) is 0. The van der Waals surface area contributed by atoms with Crippen LogP contribution in [0, 0.1) is 0 Å². The number of aryl methyl sites for hydroxylation is 1. The van der Waals surface area contributed by atoms with Crippen LogP contribution in [-0.4, -0.2) is 31.6 Å². The molecule has 0 unspecified atom stereocenters. The van der Waals surface area contributed by atoms with E-state index < -0.39 is 6.55 Å². The second-order valence-electron chi connectivity index (χ2n) is 4.16. The Bertz CT molecular complexity index is 525. The topological polar surface area (TPSA) is 60.0 Å². The highest BCUT2D eigenvalue weighted by Gasteiger charge is 2.14. The van der Waals surface area contributed by atoms with Gasteiger partial charge in [0.1, 0.15) is 5.82 Å². The van der Waals surface area contributed by atoms with Crippen LogP contribution in [0.2, 0.25) is 0 Å². The second kappa shape index (κ2) is 5.87. The SMILES string of the molecule is CCc1noc(CN(C)Cc2nccn2C(F)F)n1. The van der Waals surface area contributed by atoms with E-state index in [0.717, 1.165) is 4.57 Å². The van der Waals surface area contributed by atoms with E-state index in [1.807, 2.05) is 6.92 Å². The van der Waals surface area contributed by atoms with E-state index in [9.17, 15) is 8.78 Å². The molecule has 0 saturated carbocycles. The van der Waals surface area contributed by atoms with Crippen LogP contribution in [-0.2, 0) is 19.5 Å².